The topological polar surface area (TPSA) is 36.8 Å². The van der Waals surface area contributed by atoms with E-state index in [2.05, 4.69) is 63.7 Å². The quantitative estimate of drug-likeness (QED) is 0.769. The van der Waals surface area contributed by atoms with Gasteiger partial charge in [-0.1, -0.05) is 76.6 Å². The van der Waals surface area contributed by atoms with Gasteiger partial charge in [0.1, 0.15) is 11.7 Å². The van der Waals surface area contributed by atoms with Crippen LogP contribution >= 0.6 is 15.9 Å². The van der Waals surface area contributed by atoms with Gasteiger partial charge in [-0.15, -0.1) is 0 Å². The van der Waals surface area contributed by atoms with Crippen molar-refractivity contribution >= 4 is 27.6 Å². The summed E-state index contributed by atoms with van der Waals surface area (Å²) in [6, 6.07) is 18.4. The Balaban J connectivity index is 1.76. The Kier molecular flexibility index (Phi) is 4.61. The molecule has 0 bridgehead atoms. The predicted molar refractivity (Wildman–Crippen MR) is 107 cm³/mol. The maximum absolute atomic E-state index is 4.89. The largest absolute Gasteiger partial charge is 0.325 e. The van der Waals surface area contributed by atoms with Crippen LogP contribution < -0.4 is 5.32 Å². The summed E-state index contributed by atoms with van der Waals surface area (Å²) in [6.07, 6.45) is 8.23. The predicted octanol–water partition coefficient (Wildman–Crippen LogP) is 5.17. The van der Waals surface area contributed by atoms with Crippen LogP contribution in [-0.2, 0) is 0 Å². The molecule has 1 N–H and O–H groups in total. The molecule has 1 unspecified atom stereocenters. The summed E-state index contributed by atoms with van der Waals surface area (Å²) < 4.78 is 1.04. The molecule has 25 heavy (non-hydrogen) atoms. The summed E-state index contributed by atoms with van der Waals surface area (Å²) >= 11 is 3.55. The molecule has 124 valence electrons. The third-order valence-corrected chi connectivity index (χ3v) is 4.74. The van der Waals surface area contributed by atoms with E-state index in [1.54, 1.807) is 0 Å². The molecule has 4 heteroatoms. The summed E-state index contributed by atoms with van der Waals surface area (Å²) in [5.74, 6) is 1.79. The highest BCUT2D eigenvalue weighted by atomic mass is 79.9. The second-order valence-corrected chi connectivity index (χ2v) is 6.95. The number of hydrogen-bond acceptors (Lipinski definition) is 3. The zero-order valence-corrected chi connectivity index (χ0v) is 15.3. The molecular formula is C21H18BrN3. The highest BCUT2D eigenvalue weighted by molar-refractivity contribution is 9.10. The maximum atomic E-state index is 4.89. The van der Waals surface area contributed by atoms with Gasteiger partial charge in [0.2, 0.25) is 0 Å². The number of aliphatic imine (C=N–C) groups is 2. The van der Waals surface area contributed by atoms with Crippen LogP contribution in [0.4, 0.5) is 0 Å². The fourth-order valence-electron chi connectivity index (χ4n) is 2.97. The van der Waals surface area contributed by atoms with Crippen LogP contribution in [0.1, 0.15) is 30.1 Å². The number of hydrogen-bond donors (Lipinski definition) is 1. The Bertz CT molecular complexity index is 894. The SMILES string of the molecule is Brc1cccc(C2N=C(C3=CC=CCC3)NC(c3ccccc3)=N2)c1. The van der Waals surface area contributed by atoms with Crippen molar-refractivity contribution in [1.82, 2.24) is 5.32 Å². The monoisotopic (exact) mass is 391 g/mol. The highest BCUT2D eigenvalue weighted by Crippen LogP contribution is 2.27. The van der Waals surface area contributed by atoms with E-state index in [1.807, 2.05) is 30.3 Å². The molecule has 0 fully saturated rings. The van der Waals surface area contributed by atoms with E-state index in [9.17, 15) is 0 Å². The Morgan fingerprint density at radius 1 is 0.960 bits per heavy atom. The number of nitrogens with zero attached hydrogens (tertiary/aromatic N) is 2. The van der Waals surface area contributed by atoms with E-state index in [0.717, 1.165) is 40.1 Å². The second-order valence-electron chi connectivity index (χ2n) is 6.03. The minimum absolute atomic E-state index is 0.240. The maximum Gasteiger partial charge on any atom is 0.169 e. The fraction of sp³-hybridized carbons (Fsp3) is 0.143. The van der Waals surface area contributed by atoms with E-state index in [-0.39, 0.29) is 6.17 Å². The average molecular weight is 392 g/mol. The summed E-state index contributed by atoms with van der Waals surface area (Å²) in [5, 5.41) is 3.44. The van der Waals surface area contributed by atoms with E-state index >= 15 is 0 Å². The third kappa shape index (κ3) is 3.64. The first-order chi connectivity index (χ1) is 12.3. The van der Waals surface area contributed by atoms with Gasteiger partial charge in [-0.3, -0.25) is 0 Å². The molecule has 3 nitrogen and oxygen atoms in total. The highest BCUT2D eigenvalue weighted by Gasteiger charge is 2.21. The van der Waals surface area contributed by atoms with Gasteiger partial charge in [0.15, 0.2) is 6.17 Å². The molecule has 1 aliphatic heterocycles. The van der Waals surface area contributed by atoms with Crippen molar-refractivity contribution in [2.75, 3.05) is 0 Å². The molecule has 4 rings (SSSR count). The Morgan fingerprint density at radius 2 is 1.80 bits per heavy atom. The third-order valence-electron chi connectivity index (χ3n) is 4.25. The molecule has 0 amide bonds. The van der Waals surface area contributed by atoms with Gasteiger partial charge in [0.25, 0.3) is 0 Å². The van der Waals surface area contributed by atoms with Crippen molar-refractivity contribution in [3.05, 3.63) is 94.0 Å². The van der Waals surface area contributed by atoms with E-state index < -0.39 is 0 Å². The van der Waals surface area contributed by atoms with Crippen LogP contribution in [-0.4, -0.2) is 11.7 Å². The molecule has 1 atom stereocenters. The zero-order chi connectivity index (χ0) is 17.1. The number of nitrogens with one attached hydrogen (secondary N) is 1. The van der Waals surface area contributed by atoms with Crippen molar-refractivity contribution in [2.24, 2.45) is 9.98 Å². The van der Waals surface area contributed by atoms with Crippen LogP contribution in [0.3, 0.4) is 0 Å². The van der Waals surface area contributed by atoms with Crippen molar-refractivity contribution in [3.8, 4) is 0 Å². The summed E-state index contributed by atoms with van der Waals surface area (Å²) in [5.41, 5.74) is 3.38. The second kappa shape index (κ2) is 7.19. The number of allylic oxidation sites excluding steroid dienone is 3. The molecule has 2 aromatic carbocycles. The number of halogens is 1. The van der Waals surface area contributed by atoms with Crippen LogP contribution in [0.25, 0.3) is 0 Å². The first kappa shape index (κ1) is 16.0. The molecular weight excluding hydrogens is 374 g/mol. The Morgan fingerprint density at radius 3 is 2.56 bits per heavy atom. The number of benzene rings is 2. The summed E-state index contributed by atoms with van der Waals surface area (Å²) in [7, 11) is 0. The number of amidine groups is 2. The van der Waals surface area contributed by atoms with Crippen LogP contribution in [0, 0.1) is 0 Å². The van der Waals surface area contributed by atoms with Crippen molar-refractivity contribution in [2.45, 2.75) is 19.0 Å². The first-order valence-corrected chi connectivity index (χ1v) is 9.18. The van der Waals surface area contributed by atoms with Gasteiger partial charge in [-0.2, -0.15) is 0 Å². The molecule has 0 radical (unpaired) electrons. The Hall–Kier alpha value is -2.46. The van der Waals surface area contributed by atoms with Gasteiger partial charge in [-0.05, 0) is 36.1 Å². The molecule has 2 aliphatic rings. The first-order valence-electron chi connectivity index (χ1n) is 8.39. The molecule has 0 spiro atoms. The van der Waals surface area contributed by atoms with Gasteiger partial charge in [-0.25, -0.2) is 9.98 Å². The minimum atomic E-state index is -0.240. The molecule has 0 saturated carbocycles. The molecule has 0 saturated heterocycles. The lowest BCUT2D eigenvalue weighted by Crippen LogP contribution is -2.36. The molecule has 1 aliphatic carbocycles. The minimum Gasteiger partial charge on any atom is -0.325 e. The molecule has 0 aromatic heterocycles. The standard InChI is InChI=1S/C21H18BrN3/c22-18-13-7-12-17(14-18)21-24-19(15-8-3-1-4-9-15)23-20(25-21)16-10-5-2-6-11-16/h1-5,7-10,12-14,21H,6,11H2,(H,23,24,25). The lowest BCUT2D eigenvalue weighted by atomic mass is 10.0. The van der Waals surface area contributed by atoms with E-state index in [4.69, 9.17) is 9.98 Å². The molecule has 1 heterocycles. The van der Waals surface area contributed by atoms with Gasteiger partial charge >= 0.3 is 0 Å². The zero-order valence-electron chi connectivity index (χ0n) is 13.7. The van der Waals surface area contributed by atoms with E-state index in [0.29, 0.717) is 0 Å². The number of rotatable bonds is 3. The van der Waals surface area contributed by atoms with Crippen LogP contribution in [0.2, 0.25) is 0 Å². The van der Waals surface area contributed by atoms with Gasteiger partial charge in [0.05, 0.1) is 0 Å². The lowest BCUT2D eigenvalue weighted by molar-refractivity contribution is 0.751. The average Bonchev–Trinajstić information content (AvgIpc) is 2.69. The summed E-state index contributed by atoms with van der Waals surface area (Å²) in [4.78, 5) is 9.75. The van der Waals surface area contributed by atoms with Gasteiger partial charge in [0, 0.05) is 10.0 Å². The van der Waals surface area contributed by atoms with Crippen molar-refractivity contribution < 1.29 is 0 Å². The van der Waals surface area contributed by atoms with Gasteiger partial charge < -0.3 is 5.32 Å². The van der Waals surface area contributed by atoms with Crippen LogP contribution in [0.5, 0.6) is 0 Å². The molecule has 2 aromatic rings. The van der Waals surface area contributed by atoms with E-state index in [1.165, 1.54) is 5.57 Å². The smallest absolute Gasteiger partial charge is 0.169 e. The Labute approximate surface area is 156 Å². The summed E-state index contributed by atoms with van der Waals surface area (Å²) in [6.45, 7) is 0. The van der Waals surface area contributed by atoms with Crippen LogP contribution in [0.15, 0.2) is 92.9 Å². The lowest BCUT2D eigenvalue weighted by Gasteiger charge is -2.24. The van der Waals surface area contributed by atoms with Crippen molar-refractivity contribution in [1.29, 1.82) is 0 Å². The fourth-order valence-corrected chi connectivity index (χ4v) is 3.39. The normalized spacial score (nSPS) is 19.6. The van der Waals surface area contributed by atoms with Crippen molar-refractivity contribution in [3.63, 3.8) is 0 Å².